The number of aromatic nitrogens is 4. The molecule has 0 saturated heterocycles. The smallest absolute Gasteiger partial charge is 0.352 e. The van der Waals surface area contributed by atoms with E-state index in [0.29, 0.717) is 20.4 Å². The molecule has 184 valence electrons. The second-order valence-electron chi connectivity index (χ2n) is 7.24. The van der Waals surface area contributed by atoms with Gasteiger partial charge in [0.1, 0.15) is 17.7 Å². The van der Waals surface area contributed by atoms with Crippen LogP contribution in [0.5, 0.6) is 0 Å². The van der Waals surface area contributed by atoms with E-state index in [0.717, 1.165) is 19.6 Å². The van der Waals surface area contributed by atoms with E-state index >= 15 is 0 Å². The van der Waals surface area contributed by atoms with Crippen molar-refractivity contribution >= 4 is 5.91 Å². The summed E-state index contributed by atoms with van der Waals surface area (Å²) in [6, 6.07) is 6.45. The zero-order valence-corrected chi connectivity index (χ0v) is 17.6. The number of imidazole rings is 1. The number of halogens is 8. The molecule has 0 atom stereocenters. The molecule has 0 radical (unpaired) electrons. The van der Waals surface area contributed by atoms with E-state index in [1.807, 2.05) is 0 Å². The second kappa shape index (κ2) is 8.72. The summed E-state index contributed by atoms with van der Waals surface area (Å²) >= 11 is 0. The lowest BCUT2D eigenvalue weighted by atomic mass is 10.1. The normalized spacial score (nSPS) is 12.8. The van der Waals surface area contributed by atoms with Crippen molar-refractivity contribution in [3.8, 4) is 17.1 Å². The summed E-state index contributed by atoms with van der Waals surface area (Å²) in [6.07, 6.45) is -9.69. The van der Waals surface area contributed by atoms with Crippen molar-refractivity contribution in [1.82, 2.24) is 24.6 Å². The van der Waals surface area contributed by atoms with Crippen LogP contribution in [0.25, 0.3) is 17.1 Å². The van der Waals surface area contributed by atoms with Crippen LogP contribution in [0.4, 0.5) is 35.1 Å². The van der Waals surface area contributed by atoms with Crippen molar-refractivity contribution in [3.63, 3.8) is 0 Å². The van der Waals surface area contributed by atoms with Gasteiger partial charge in [-0.2, -0.15) is 40.2 Å². The van der Waals surface area contributed by atoms with Crippen molar-refractivity contribution < 1.29 is 39.9 Å². The average Bonchev–Trinajstić information content (AvgIpc) is 3.35. The fourth-order valence-corrected chi connectivity index (χ4v) is 3.18. The summed E-state index contributed by atoms with van der Waals surface area (Å²) in [5.41, 5.74) is -3.50. The summed E-state index contributed by atoms with van der Waals surface area (Å²) in [5, 5.41) is 5.53. The Morgan fingerprint density at radius 3 is 2.35 bits per heavy atom. The minimum atomic E-state index is -6.29. The Kier molecular flexibility index (Phi) is 6.46. The lowest BCUT2D eigenvalue weighted by Crippen LogP contribution is -2.36. The number of nitrogens with zero attached hydrogens (tertiary/aromatic N) is 4. The van der Waals surface area contributed by atoms with Crippen LogP contribution in [-0.2, 0) is 30.5 Å². The Morgan fingerprint density at radius 1 is 1.09 bits per heavy atom. The van der Waals surface area contributed by atoms with E-state index in [-0.39, 0.29) is 24.6 Å². The van der Waals surface area contributed by atoms with Gasteiger partial charge in [0.05, 0.1) is 5.69 Å². The van der Waals surface area contributed by atoms with Crippen molar-refractivity contribution in [1.29, 1.82) is 0 Å². The molecule has 14 heteroatoms. The van der Waals surface area contributed by atoms with Crippen LogP contribution in [0.3, 0.4) is 0 Å². The second-order valence-corrected chi connectivity index (χ2v) is 7.24. The predicted molar refractivity (Wildman–Crippen MR) is 103 cm³/mol. The van der Waals surface area contributed by atoms with Crippen LogP contribution in [0.2, 0.25) is 0 Å². The number of hydrogen-bond donors (Lipinski definition) is 1. The highest BCUT2D eigenvalue weighted by molar-refractivity contribution is 5.75. The maximum atomic E-state index is 13.9. The molecule has 0 aliphatic carbocycles. The standard InChI is InChI=1S/C20H17F8N5O/c1-3-14(34)29-8-11-5-4-6-12(7-11)13-9-33(10-30-13)17-15(19(23,24)25)16(31-32(17)2)18(21,22)20(26,27)28/h4-7,9-10H,3,8H2,1-2H3,(H,29,34). The zero-order chi connectivity index (χ0) is 25.5. The average molecular weight is 495 g/mol. The molecule has 0 saturated carbocycles. The van der Waals surface area contributed by atoms with Gasteiger partial charge < -0.3 is 5.32 Å². The van der Waals surface area contributed by atoms with E-state index in [4.69, 9.17) is 0 Å². The molecule has 1 N–H and O–H groups in total. The van der Waals surface area contributed by atoms with Crippen LogP contribution < -0.4 is 5.32 Å². The Balaban J connectivity index is 2.06. The Bertz CT molecular complexity index is 1190. The molecule has 2 aromatic heterocycles. The van der Waals surface area contributed by atoms with Gasteiger partial charge in [0.15, 0.2) is 5.69 Å². The lowest BCUT2D eigenvalue weighted by molar-refractivity contribution is -0.292. The molecule has 2 heterocycles. The molecule has 0 fully saturated rings. The molecule has 6 nitrogen and oxygen atoms in total. The molecule has 0 aliphatic heterocycles. The maximum Gasteiger partial charge on any atom is 0.459 e. The van der Waals surface area contributed by atoms with Gasteiger partial charge in [-0.05, 0) is 11.6 Å². The molecule has 1 aromatic carbocycles. The van der Waals surface area contributed by atoms with E-state index in [1.54, 1.807) is 31.2 Å². The van der Waals surface area contributed by atoms with Crippen molar-refractivity contribution in [3.05, 3.63) is 53.6 Å². The number of carbonyl (C=O) groups excluding carboxylic acids is 1. The minimum Gasteiger partial charge on any atom is -0.352 e. The molecular formula is C20H17F8N5O. The molecule has 34 heavy (non-hydrogen) atoms. The molecule has 0 spiro atoms. The number of alkyl halides is 8. The SMILES string of the molecule is CCC(=O)NCc1cccc(-c2cn(-c3c(C(F)(F)F)c(C(F)(F)C(F)(F)F)nn3C)cn2)c1. The minimum absolute atomic E-state index is 0.113. The van der Waals surface area contributed by atoms with Crippen molar-refractivity contribution in [2.75, 3.05) is 0 Å². The van der Waals surface area contributed by atoms with Gasteiger partial charge in [0.25, 0.3) is 0 Å². The summed E-state index contributed by atoms with van der Waals surface area (Å²) in [5.74, 6) is -7.09. The van der Waals surface area contributed by atoms with Crippen molar-refractivity contribution in [2.45, 2.75) is 38.2 Å². The van der Waals surface area contributed by atoms with Crippen LogP contribution in [0.15, 0.2) is 36.8 Å². The first-order chi connectivity index (χ1) is 15.7. The van der Waals surface area contributed by atoms with Gasteiger partial charge in [0.2, 0.25) is 5.91 Å². The number of benzene rings is 1. The van der Waals surface area contributed by atoms with E-state index in [2.05, 4.69) is 15.4 Å². The van der Waals surface area contributed by atoms with Crippen LogP contribution in [-0.4, -0.2) is 31.4 Å². The Hall–Kier alpha value is -3.45. The first kappa shape index (κ1) is 25.2. The Morgan fingerprint density at radius 2 is 1.76 bits per heavy atom. The predicted octanol–water partition coefficient (Wildman–Crippen LogP) is 4.97. The molecular weight excluding hydrogens is 478 g/mol. The highest BCUT2D eigenvalue weighted by atomic mass is 19.4. The number of hydrogen-bond acceptors (Lipinski definition) is 3. The van der Waals surface area contributed by atoms with Gasteiger partial charge in [0, 0.05) is 31.8 Å². The van der Waals surface area contributed by atoms with Gasteiger partial charge in [-0.15, -0.1) is 0 Å². The summed E-state index contributed by atoms with van der Waals surface area (Å²) in [6.45, 7) is 1.85. The molecule has 0 unspecified atom stereocenters. The fourth-order valence-electron chi connectivity index (χ4n) is 3.18. The number of carbonyl (C=O) groups is 1. The summed E-state index contributed by atoms with van der Waals surface area (Å²) in [4.78, 5) is 15.4. The first-order valence-electron chi connectivity index (χ1n) is 9.66. The topological polar surface area (TPSA) is 64.7 Å². The van der Waals surface area contributed by atoms with Gasteiger partial charge in [-0.1, -0.05) is 25.1 Å². The number of rotatable bonds is 6. The fraction of sp³-hybridized carbons (Fsp3) is 0.350. The van der Waals surface area contributed by atoms with Gasteiger partial charge in [-0.3, -0.25) is 14.0 Å². The maximum absolute atomic E-state index is 13.9. The van der Waals surface area contributed by atoms with Crippen LogP contribution in [0.1, 0.15) is 30.2 Å². The first-order valence-corrected chi connectivity index (χ1v) is 9.66. The number of aryl methyl sites for hydroxylation is 1. The summed E-state index contributed by atoms with van der Waals surface area (Å²) < 4.78 is 108. The van der Waals surface area contributed by atoms with Crippen LogP contribution >= 0.6 is 0 Å². The van der Waals surface area contributed by atoms with E-state index in [9.17, 15) is 39.9 Å². The largest absolute Gasteiger partial charge is 0.459 e. The molecule has 1 amide bonds. The molecule has 0 aliphatic rings. The number of amides is 1. The summed E-state index contributed by atoms with van der Waals surface area (Å²) in [7, 11) is 0.817. The third kappa shape index (κ3) is 4.75. The van der Waals surface area contributed by atoms with Gasteiger partial charge >= 0.3 is 18.3 Å². The quantitative estimate of drug-likeness (QED) is 0.491. The lowest BCUT2D eigenvalue weighted by Gasteiger charge is -2.19. The van der Waals surface area contributed by atoms with Gasteiger partial charge in [-0.25, -0.2) is 4.98 Å². The van der Waals surface area contributed by atoms with Crippen molar-refractivity contribution in [2.24, 2.45) is 7.05 Å². The van der Waals surface area contributed by atoms with E-state index in [1.165, 1.54) is 0 Å². The third-order valence-electron chi connectivity index (χ3n) is 4.81. The molecule has 3 aromatic rings. The molecule has 0 bridgehead atoms. The Labute approximate surface area is 187 Å². The number of nitrogens with one attached hydrogen (secondary N) is 1. The van der Waals surface area contributed by atoms with E-state index < -0.39 is 35.4 Å². The zero-order valence-electron chi connectivity index (χ0n) is 17.6. The highest BCUT2D eigenvalue weighted by Gasteiger charge is 2.64. The van der Waals surface area contributed by atoms with Crippen LogP contribution in [0, 0.1) is 0 Å². The third-order valence-corrected chi connectivity index (χ3v) is 4.81. The monoisotopic (exact) mass is 495 g/mol. The molecule has 3 rings (SSSR count). The highest BCUT2D eigenvalue weighted by Crippen LogP contribution is 2.49.